The highest BCUT2D eigenvalue weighted by Gasteiger charge is 2.25. The van der Waals surface area contributed by atoms with Crippen molar-refractivity contribution in [1.29, 1.82) is 0 Å². The van der Waals surface area contributed by atoms with Gasteiger partial charge in [0.1, 0.15) is 0 Å². The first-order valence-electron chi connectivity index (χ1n) is 8.81. The standard InChI is InChI=1S/C20H22ClN3O3/c21-18-12-15(19(25)13-22)6-7-16(18)14-24(17-4-2-1-3-5-17)20(26)23-8-10-27-11-9-23/h1-7,12H,8-11,13-14,22H2. The molecule has 0 aliphatic carbocycles. The van der Waals surface area contributed by atoms with Gasteiger partial charge in [-0.3, -0.25) is 9.69 Å². The Balaban J connectivity index is 1.87. The van der Waals surface area contributed by atoms with E-state index in [1.165, 1.54) is 0 Å². The summed E-state index contributed by atoms with van der Waals surface area (Å²) in [4.78, 5) is 28.4. The van der Waals surface area contributed by atoms with Gasteiger partial charge < -0.3 is 15.4 Å². The summed E-state index contributed by atoms with van der Waals surface area (Å²) in [6, 6.07) is 14.4. The maximum atomic E-state index is 13.1. The number of carbonyl (C=O) groups excluding carboxylic acids is 2. The molecule has 3 rings (SSSR count). The average molecular weight is 388 g/mol. The summed E-state index contributed by atoms with van der Waals surface area (Å²) >= 11 is 6.39. The predicted molar refractivity (Wildman–Crippen MR) is 105 cm³/mol. The number of nitrogens with two attached hydrogens (primary N) is 1. The molecule has 1 aliphatic heterocycles. The van der Waals surface area contributed by atoms with Crippen molar-refractivity contribution in [2.75, 3.05) is 37.7 Å². The summed E-state index contributed by atoms with van der Waals surface area (Å²) < 4.78 is 5.34. The Morgan fingerprint density at radius 3 is 2.44 bits per heavy atom. The highest BCUT2D eigenvalue weighted by molar-refractivity contribution is 6.31. The molecule has 1 saturated heterocycles. The van der Waals surface area contributed by atoms with Gasteiger partial charge >= 0.3 is 6.03 Å². The molecule has 2 aromatic rings. The summed E-state index contributed by atoms with van der Waals surface area (Å²) in [6.07, 6.45) is 0. The van der Waals surface area contributed by atoms with Crippen LogP contribution in [0.1, 0.15) is 15.9 Å². The van der Waals surface area contributed by atoms with E-state index >= 15 is 0 Å². The molecule has 2 amide bonds. The first-order chi connectivity index (χ1) is 13.1. The molecule has 1 fully saturated rings. The number of hydrogen-bond acceptors (Lipinski definition) is 4. The van der Waals surface area contributed by atoms with E-state index < -0.39 is 0 Å². The Kier molecular flexibility index (Phi) is 6.45. The number of urea groups is 1. The van der Waals surface area contributed by atoms with Gasteiger partial charge in [-0.1, -0.05) is 41.9 Å². The molecule has 0 spiro atoms. The van der Waals surface area contributed by atoms with Crippen LogP contribution < -0.4 is 10.6 Å². The Bertz CT molecular complexity index is 807. The molecule has 142 valence electrons. The molecule has 0 bridgehead atoms. The van der Waals surface area contributed by atoms with Gasteiger partial charge in [-0.2, -0.15) is 0 Å². The molecular weight excluding hydrogens is 366 g/mol. The van der Waals surface area contributed by atoms with E-state index in [0.29, 0.717) is 43.4 Å². The average Bonchev–Trinajstić information content (AvgIpc) is 2.73. The Morgan fingerprint density at radius 1 is 1.11 bits per heavy atom. The van der Waals surface area contributed by atoms with E-state index in [-0.39, 0.29) is 18.4 Å². The second kappa shape index (κ2) is 8.99. The number of rotatable bonds is 5. The quantitative estimate of drug-likeness (QED) is 0.800. The lowest BCUT2D eigenvalue weighted by Crippen LogP contribution is -2.48. The molecule has 1 aliphatic rings. The fourth-order valence-corrected chi connectivity index (χ4v) is 3.18. The van der Waals surface area contributed by atoms with Crippen LogP contribution in [0, 0.1) is 0 Å². The minimum Gasteiger partial charge on any atom is -0.378 e. The molecule has 7 heteroatoms. The van der Waals surface area contributed by atoms with Gasteiger partial charge in [-0.05, 0) is 23.8 Å². The van der Waals surface area contributed by atoms with Crippen LogP contribution in [0.4, 0.5) is 10.5 Å². The van der Waals surface area contributed by atoms with Gasteiger partial charge in [0.2, 0.25) is 0 Å². The zero-order valence-corrected chi connectivity index (χ0v) is 15.7. The Hall–Kier alpha value is -2.41. The fraction of sp³-hybridized carbons (Fsp3) is 0.300. The van der Waals surface area contributed by atoms with Gasteiger partial charge in [0.25, 0.3) is 0 Å². The molecule has 0 saturated carbocycles. The Morgan fingerprint density at radius 2 is 1.81 bits per heavy atom. The molecule has 27 heavy (non-hydrogen) atoms. The van der Waals surface area contributed by atoms with Crippen LogP contribution in [-0.4, -0.2) is 49.6 Å². The van der Waals surface area contributed by atoms with Gasteiger partial charge in [0, 0.05) is 29.4 Å². The van der Waals surface area contributed by atoms with E-state index in [0.717, 1.165) is 11.3 Å². The van der Waals surface area contributed by atoms with Crippen LogP contribution in [0.5, 0.6) is 0 Å². The number of anilines is 1. The topological polar surface area (TPSA) is 75.9 Å². The predicted octanol–water partition coefficient (Wildman–Crippen LogP) is 2.94. The highest BCUT2D eigenvalue weighted by Crippen LogP contribution is 2.24. The van der Waals surface area contributed by atoms with Gasteiger partial charge in [-0.15, -0.1) is 0 Å². The number of Topliss-reactive ketones (excluding diaryl/α,β-unsaturated/α-hetero) is 1. The van der Waals surface area contributed by atoms with Crippen LogP contribution in [0.3, 0.4) is 0 Å². The summed E-state index contributed by atoms with van der Waals surface area (Å²) in [5.74, 6) is -0.173. The zero-order chi connectivity index (χ0) is 19.2. The third-order valence-electron chi connectivity index (χ3n) is 4.47. The minimum absolute atomic E-state index is 0.0681. The number of nitrogens with zero attached hydrogens (tertiary/aromatic N) is 2. The number of halogens is 1. The van der Waals surface area contributed by atoms with Crippen molar-refractivity contribution in [1.82, 2.24) is 4.90 Å². The summed E-state index contributed by atoms with van der Waals surface area (Å²) in [6.45, 7) is 2.41. The maximum Gasteiger partial charge on any atom is 0.324 e. The first kappa shape index (κ1) is 19.4. The maximum absolute atomic E-state index is 13.1. The van der Waals surface area contributed by atoms with Crippen LogP contribution >= 0.6 is 11.6 Å². The lowest BCUT2D eigenvalue weighted by atomic mass is 10.1. The Labute approximate surface area is 163 Å². The van der Waals surface area contributed by atoms with Crippen LogP contribution in [0.2, 0.25) is 5.02 Å². The number of ether oxygens (including phenoxy) is 1. The molecule has 2 N–H and O–H groups in total. The summed E-state index contributed by atoms with van der Waals surface area (Å²) in [5, 5.41) is 0.435. The molecule has 0 unspecified atom stereocenters. The summed E-state index contributed by atoms with van der Waals surface area (Å²) in [5.41, 5.74) is 7.42. The van der Waals surface area contributed by atoms with Crippen molar-refractivity contribution in [3.63, 3.8) is 0 Å². The van der Waals surface area contributed by atoms with Crippen molar-refractivity contribution in [2.24, 2.45) is 5.73 Å². The number of carbonyl (C=O) groups is 2. The lowest BCUT2D eigenvalue weighted by molar-refractivity contribution is 0.0548. The van der Waals surface area contributed by atoms with E-state index in [9.17, 15) is 9.59 Å². The van der Waals surface area contributed by atoms with Crippen molar-refractivity contribution in [3.8, 4) is 0 Å². The minimum atomic E-state index is -0.173. The van der Waals surface area contributed by atoms with Crippen molar-refractivity contribution < 1.29 is 14.3 Å². The molecule has 0 aromatic heterocycles. The number of morpholine rings is 1. The highest BCUT2D eigenvalue weighted by atomic mass is 35.5. The SMILES string of the molecule is NCC(=O)c1ccc(CN(C(=O)N2CCOCC2)c2ccccc2)c(Cl)c1. The number of amides is 2. The van der Waals surface area contributed by atoms with E-state index in [2.05, 4.69) is 0 Å². The van der Waals surface area contributed by atoms with Crippen LogP contribution in [-0.2, 0) is 11.3 Å². The molecule has 1 heterocycles. The second-order valence-corrected chi connectivity index (χ2v) is 6.64. The van der Waals surface area contributed by atoms with Crippen LogP contribution in [0.15, 0.2) is 48.5 Å². The van der Waals surface area contributed by atoms with Crippen molar-refractivity contribution in [3.05, 3.63) is 64.7 Å². The van der Waals surface area contributed by atoms with Gasteiger partial charge in [0.05, 0.1) is 26.3 Å². The smallest absolute Gasteiger partial charge is 0.324 e. The molecule has 0 atom stereocenters. The molecule has 6 nitrogen and oxygen atoms in total. The van der Waals surface area contributed by atoms with Crippen molar-refractivity contribution >= 4 is 29.1 Å². The molecule has 0 radical (unpaired) electrons. The van der Waals surface area contributed by atoms with Gasteiger partial charge in [0.15, 0.2) is 5.78 Å². The van der Waals surface area contributed by atoms with Gasteiger partial charge in [-0.25, -0.2) is 4.79 Å². The van der Waals surface area contributed by atoms with E-state index in [4.69, 9.17) is 22.1 Å². The summed E-state index contributed by atoms with van der Waals surface area (Å²) in [7, 11) is 0. The molecular formula is C20H22ClN3O3. The fourth-order valence-electron chi connectivity index (χ4n) is 2.94. The van der Waals surface area contributed by atoms with Crippen LogP contribution in [0.25, 0.3) is 0 Å². The lowest BCUT2D eigenvalue weighted by Gasteiger charge is -2.33. The number of para-hydroxylation sites is 1. The van der Waals surface area contributed by atoms with E-state index in [1.807, 2.05) is 30.3 Å². The largest absolute Gasteiger partial charge is 0.378 e. The second-order valence-electron chi connectivity index (χ2n) is 6.24. The molecule has 2 aromatic carbocycles. The third-order valence-corrected chi connectivity index (χ3v) is 4.82. The number of ketones is 1. The first-order valence-corrected chi connectivity index (χ1v) is 9.19. The third kappa shape index (κ3) is 4.66. The van der Waals surface area contributed by atoms with Crippen molar-refractivity contribution in [2.45, 2.75) is 6.54 Å². The number of benzene rings is 2. The monoisotopic (exact) mass is 387 g/mol. The number of hydrogen-bond donors (Lipinski definition) is 1. The normalized spacial score (nSPS) is 14.1. The zero-order valence-electron chi connectivity index (χ0n) is 14.9. The van der Waals surface area contributed by atoms with E-state index in [1.54, 1.807) is 28.0 Å².